The fraction of sp³-hybridized carbons (Fsp3) is 0. The van der Waals surface area contributed by atoms with Crippen molar-refractivity contribution in [3.63, 3.8) is 0 Å². The van der Waals surface area contributed by atoms with E-state index in [1.807, 2.05) is 0 Å². The molecule has 8 heteroatoms. The van der Waals surface area contributed by atoms with E-state index in [1.54, 1.807) is 30.3 Å². The molecular formula is C16H9Cl2N3O3. The Labute approximate surface area is 146 Å². The molecule has 1 heterocycles. The first kappa shape index (κ1) is 16.2. The van der Waals surface area contributed by atoms with Crippen LogP contribution >= 0.6 is 23.2 Å². The van der Waals surface area contributed by atoms with Crippen molar-refractivity contribution in [3.8, 4) is 11.5 Å². The summed E-state index contributed by atoms with van der Waals surface area (Å²) >= 11 is 12.0. The Balaban J connectivity index is 1.84. The van der Waals surface area contributed by atoms with Crippen LogP contribution in [-0.2, 0) is 0 Å². The molecular weight excluding hydrogens is 353 g/mol. The third-order valence-electron chi connectivity index (χ3n) is 3.12. The maximum absolute atomic E-state index is 10.7. The smallest absolute Gasteiger partial charge is 0.269 e. The lowest BCUT2D eigenvalue weighted by Gasteiger charge is -1.96. The van der Waals surface area contributed by atoms with Crippen molar-refractivity contribution in [1.29, 1.82) is 0 Å². The summed E-state index contributed by atoms with van der Waals surface area (Å²) in [5.41, 5.74) is 1.38. The maximum Gasteiger partial charge on any atom is 0.269 e. The van der Waals surface area contributed by atoms with Gasteiger partial charge in [0.2, 0.25) is 5.89 Å². The summed E-state index contributed by atoms with van der Waals surface area (Å²) < 4.78 is 5.51. The van der Waals surface area contributed by atoms with E-state index in [4.69, 9.17) is 27.6 Å². The topological polar surface area (TPSA) is 82.1 Å². The standard InChI is InChI=1S/C16H9Cl2N3O3/c17-12-5-1-10(2-6-12)9-14(18)16-20-19-15(24-16)11-3-7-13(8-4-11)21(22)23/h1-9H/b14-9-. The molecule has 24 heavy (non-hydrogen) atoms. The Morgan fingerprint density at radius 3 is 2.38 bits per heavy atom. The van der Waals surface area contributed by atoms with Gasteiger partial charge in [0.05, 0.1) is 4.92 Å². The van der Waals surface area contributed by atoms with E-state index in [-0.39, 0.29) is 22.5 Å². The summed E-state index contributed by atoms with van der Waals surface area (Å²) in [6.07, 6.45) is 1.67. The van der Waals surface area contributed by atoms with Gasteiger partial charge in [-0.2, -0.15) is 0 Å². The lowest BCUT2D eigenvalue weighted by atomic mass is 10.2. The van der Waals surface area contributed by atoms with E-state index >= 15 is 0 Å². The highest BCUT2D eigenvalue weighted by atomic mass is 35.5. The summed E-state index contributed by atoms with van der Waals surface area (Å²) in [5.74, 6) is 0.377. The zero-order valence-corrected chi connectivity index (χ0v) is 13.5. The second-order valence-electron chi connectivity index (χ2n) is 4.76. The molecule has 0 saturated carbocycles. The maximum atomic E-state index is 10.7. The van der Waals surface area contributed by atoms with Crippen molar-refractivity contribution < 1.29 is 9.34 Å². The van der Waals surface area contributed by atoms with Crippen LogP contribution < -0.4 is 0 Å². The van der Waals surface area contributed by atoms with Crippen molar-refractivity contribution >= 4 is 40.0 Å². The molecule has 3 aromatic rings. The third kappa shape index (κ3) is 3.61. The Hall–Kier alpha value is -2.70. The molecule has 6 nitrogen and oxygen atoms in total. The average molecular weight is 362 g/mol. The third-order valence-corrected chi connectivity index (χ3v) is 3.64. The highest BCUT2D eigenvalue weighted by Gasteiger charge is 2.13. The minimum atomic E-state index is -0.477. The summed E-state index contributed by atoms with van der Waals surface area (Å²) in [4.78, 5) is 10.2. The molecule has 0 bridgehead atoms. The molecule has 0 atom stereocenters. The highest BCUT2D eigenvalue weighted by molar-refractivity contribution is 6.50. The van der Waals surface area contributed by atoms with E-state index in [2.05, 4.69) is 10.2 Å². The number of benzene rings is 2. The molecule has 3 rings (SSSR count). The molecule has 1 aromatic heterocycles. The summed E-state index contributed by atoms with van der Waals surface area (Å²) in [5, 5.41) is 19.4. The lowest BCUT2D eigenvalue weighted by Crippen LogP contribution is -1.87. The normalized spacial score (nSPS) is 11.5. The number of hydrogen-bond acceptors (Lipinski definition) is 5. The Kier molecular flexibility index (Phi) is 4.59. The number of halogens is 2. The molecule has 0 saturated heterocycles. The van der Waals surface area contributed by atoms with Crippen LogP contribution in [0.4, 0.5) is 5.69 Å². The van der Waals surface area contributed by atoms with Crippen molar-refractivity contribution in [1.82, 2.24) is 10.2 Å². The Morgan fingerprint density at radius 2 is 1.75 bits per heavy atom. The highest BCUT2D eigenvalue weighted by Crippen LogP contribution is 2.26. The molecule has 0 aliphatic heterocycles. The first-order chi connectivity index (χ1) is 11.5. The van der Waals surface area contributed by atoms with Crippen molar-refractivity contribution in [2.45, 2.75) is 0 Å². The monoisotopic (exact) mass is 361 g/mol. The Morgan fingerprint density at radius 1 is 1.08 bits per heavy atom. The number of rotatable bonds is 4. The number of hydrogen-bond donors (Lipinski definition) is 0. The molecule has 0 amide bonds. The molecule has 0 radical (unpaired) electrons. The molecule has 0 aliphatic rings. The summed E-state index contributed by atoms with van der Waals surface area (Å²) in [6.45, 7) is 0. The van der Waals surface area contributed by atoms with E-state index in [0.29, 0.717) is 10.6 Å². The van der Waals surface area contributed by atoms with Gasteiger partial charge in [0.25, 0.3) is 11.6 Å². The fourth-order valence-corrected chi connectivity index (χ4v) is 2.26. The van der Waals surface area contributed by atoms with Crippen molar-refractivity contribution in [3.05, 3.63) is 75.1 Å². The predicted octanol–water partition coefficient (Wildman–Crippen LogP) is 5.04. The van der Waals surface area contributed by atoms with Gasteiger partial charge in [-0.3, -0.25) is 10.1 Å². The first-order valence-corrected chi connectivity index (χ1v) is 7.50. The average Bonchev–Trinajstić information content (AvgIpc) is 3.07. The molecule has 120 valence electrons. The Bertz CT molecular complexity index is 903. The van der Waals surface area contributed by atoms with Gasteiger partial charge in [-0.15, -0.1) is 10.2 Å². The predicted molar refractivity (Wildman–Crippen MR) is 91.6 cm³/mol. The quantitative estimate of drug-likeness (QED) is 0.480. The molecule has 0 spiro atoms. The summed E-state index contributed by atoms with van der Waals surface area (Å²) in [6, 6.07) is 12.9. The van der Waals surface area contributed by atoms with Crippen molar-refractivity contribution in [2.75, 3.05) is 0 Å². The van der Waals surface area contributed by atoms with Crippen LogP contribution in [0.15, 0.2) is 52.9 Å². The van der Waals surface area contributed by atoms with Gasteiger partial charge in [0.1, 0.15) is 5.03 Å². The van der Waals surface area contributed by atoms with Crippen LogP contribution in [0.2, 0.25) is 5.02 Å². The zero-order chi connectivity index (χ0) is 17.1. The number of aromatic nitrogens is 2. The molecule has 0 aliphatic carbocycles. The lowest BCUT2D eigenvalue weighted by molar-refractivity contribution is -0.384. The number of non-ortho nitro benzene ring substituents is 1. The zero-order valence-electron chi connectivity index (χ0n) is 12.0. The van der Waals surface area contributed by atoms with Gasteiger partial charge in [-0.25, -0.2) is 0 Å². The first-order valence-electron chi connectivity index (χ1n) is 6.74. The molecule has 0 fully saturated rings. The fourth-order valence-electron chi connectivity index (χ4n) is 1.93. The minimum absolute atomic E-state index is 0.0147. The second kappa shape index (κ2) is 6.82. The van der Waals surface area contributed by atoms with Crippen LogP contribution in [0.3, 0.4) is 0 Å². The van der Waals surface area contributed by atoms with Crippen LogP contribution in [0, 0.1) is 10.1 Å². The number of nitro benzene ring substituents is 1. The molecule has 2 aromatic carbocycles. The van der Waals surface area contributed by atoms with Crippen LogP contribution in [0.25, 0.3) is 22.6 Å². The van der Waals surface area contributed by atoms with Crippen LogP contribution in [0.5, 0.6) is 0 Å². The van der Waals surface area contributed by atoms with Gasteiger partial charge in [-0.05, 0) is 35.9 Å². The van der Waals surface area contributed by atoms with Crippen molar-refractivity contribution in [2.24, 2.45) is 0 Å². The van der Waals surface area contributed by atoms with Gasteiger partial charge in [-0.1, -0.05) is 35.3 Å². The number of nitro groups is 1. The van der Waals surface area contributed by atoms with E-state index in [9.17, 15) is 10.1 Å². The molecule has 0 unspecified atom stereocenters. The second-order valence-corrected chi connectivity index (χ2v) is 5.60. The van der Waals surface area contributed by atoms with Gasteiger partial charge >= 0.3 is 0 Å². The minimum Gasteiger partial charge on any atom is -0.415 e. The number of nitrogens with zero attached hydrogens (tertiary/aromatic N) is 3. The SMILES string of the molecule is O=[N+]([O-])c1ccc(-c2nnc(/C(Cl)=C/c3ccc(Cl)cc3)o2)cc1. The molecule has 0 N–H and O–H groups in total. The van der Waals surface area contributed by atoms with Gasteiger partial charge < -0.3 is 4.42 Å². The van der Waals surface area contributed by atoms with Gasteiger partial charge in [0.15, 0.2) is 0 Å². The largest absolute Gasteiger partial charge is 0.415 e. The van der Waals surface area contributed by atoms with Gasteiger partial charge in [0, 0.05) is 22.7 Å². The van der Waals surface area contributed by atoms with E-state index < -0.39 is 4.92 Å². The van der Waals surface area contributed by atoms with E-state index in [0.717, 1.165) is 5.56 Å². The van der Waals surface area contributed by atoms with Crippen LogP contribution in [0.1, 0.15) is 11.5 Å². The van der Waals surface area contributed by atoms with Crippen LogP contribution in [-0.4, -0.2) is 15.1 Å². The summed E-state index contributed by atoms with van der Waals surface area (Å²) in [7, 11) is 0. The van der Waals surface area contributed by atoms with E-state index in [1.165, 1.54) is 24.3 Å².